The van der Waals surface area contributed by atoms with Gasteiger partial charge < -0.3 is 9.15 Å². The number of aryl methyl sites for hydroxylation is 1. The Morgan fingerprint density at radius 2 is 2.00 bits per heavy atom. The first-order chi connectivity index (χ1) is 11.6. The van der Waals surface area contributed by atoms with Crippen LogP contribution < -0.4 is 4.74 Å². The van der Waals surface area contributed by atoms with Gasteiger partial charge in [-0.1, -0.05) is 18.2 Å². The molecule has 7 nitrogen and oxygen atoms in total. The molecular formula is C17H15N3O4. The molecule has 0 saturated heterocycles. The third-order valence-electron chi connectivity index (χ3n) is 3.43. The van der Waals surface area contributed by atoms with Crippen molar-refractivity contribution in [2.24, 2.45) is 0 Å². The van der Waals surface area contributed by atoms with Crippen LogP contribution in [-0.2, 0) is 6.42 Å². The van der Waals surface area contributed by atoms with Crippen molar-refractivity contribution in [2.45, 2.75) is 13.3 Å². The minimum Gasteiger partial charge on any atom is -0.477 e. The van der Waals surface area contributed by atoms with Gasteiger partial charge in [-0.2, -0.15) is 0 Å². The van der Waals surface area contributed by atoms with Gasteiger partial charge in [0.2, 0.25) is 11.8 Å². The van der Waals surface area contributed by atoms with Crippen LogP contribution in [0, 0.1) is 17.0 Å². The Morgan fingerprint density at radius 1 is 1.21 bits per heavy atom. The fourth-order valence-electron chi connectivity index (χ4n) is 2.18. The molecule has 3 aromatic rings. The Morgan fingerprint density at radius 3 is 2.67 bits per heavy atom. The van der Waals surface area contributed by atoms with Crippen LogP contribution in [0.1, 0.15) is 11.5 Å². The van der Waals surface area contributed by atoms with Gasteiger partial charge in [-0.25, -0.2) is 9.97 Å². The third kappa shape index (κ3) is 3.57. The summed E-state index contributed by atoms with van der Waals surface area (Å²) in [5, 5.41) is 10.6. The van der Waals surface area contributed by atoms with E-state index in [1.165, 1.54) is 18.3 Å². The summed E-state index contributed by atoms with van der Waals surface area (Å²) >= 11 is 0. The Kier molecular flexibility index (Phi) is 4.51. The van der Waals surface area contributed by atoms with E-state index in [0.717, 1.165) is 17.0 Å². The Hall–Kier alpha value is -3.22. The van der Waals surface area contributed by atoms with Crippen molar-refractivity contribution in [1.82, 2.24) is 9.97 Å². The lowest BCUT2D eigenvalue weighted by atomic mass is 10.2. The van der Waals surface area contributed by atoms with Crippen molar-refractivity contribution in [3.8, 4) is 17.3 Å². The van der Waals surface area contributed by atoms with Gasteiger partial charge in [-0.3, -0.25) is 10.1 Å². The molecule has 0 atom stereocenters. The zero-order valence-electron chi connectivity index (χ0n) is 13.0. The van der Waals surface area contributed by atoms with Gasteiger partial charge >= 0.3 is 0 Å². The Balaban J connectivity index is 1.61. The van der Waals surface area contributed by atoms with Crippen molar-refractivity contribution in [1.29, 1.82) is 0 Å². The van der Waals surface area contributed by atoms with Crippen LogP contribution in [0.3, 0.4) is 0 Å². The molecule has 0 aliphatic rings. The number of ether oxygens (including phenoxy) is 1. The van der Waals surface area contributed by atoms with Gasteiger partial charge in [0.1, 0.15) is 12.0 Å². The van der Waals surface area contributed by atoms with Crippen LogP contribution in [0.5, 0.6) is 5.88 Å². The minimum atomic E-state index is -0.499. The normalized spacial score (nSPS) is 10.5. The third-order valence-corrected chi connectivity index (χ3v) is 3.43. The number of hydrogen-bond acceptors (Lipinski definition) is 6. The Labute approximate surface area is 138 Å². The highest BCUT2D eigenvalue weighted by molar-refractivity contribution is 5.53. The largest absolute Gasteiger partial charge is 0.477 e. The second kappa shape index (κ2) is 6.91. The molecule has 2 heterocycles. The molecule has 0 radical (unpaired) electrons. The summed E-state index contributed by atoms with van der Waals surface area (Å²) in [6, 6.07) is 12.5. The molecule has 0 amide bonds. The maximum Gasteiger partial charge on any atom is 0.287 e. The van der Waals surface area contributed by atoms with Gasteiger partial charge in [0, 0.05) is 24.1 Å². The van der Waals surface area contributed by atoms with Crippen molar-refractivity contribution >= 4 is 5.69 Å². The first-order valence-electron chi connectivity index (χ1n) is 7.38. The van der Waals surface area contributed by atoms with E-state index in [-0.39, 0.29) is 5.69 Å². The maximum atomic E-state index is 10.6. The summed E-state index contributed by atoms with van der Waals surface area (Å²) in [7, 11) is 0. The highest BCUT2D eigenvalue weighted by Gasteiger charge is 2.11. The zero-order chi connectivity index (χ0) is 16.9. The molecule has 3 rings (SSSR count). The first-order valence-corrected chi connectivity index (χ1v) is 7.38. The highest BCUT2D eigenvalue weighted by Crippen LogP contribution is 2.22. The maximum absolute atomic E-state index is 10.6. The van der Waals surface area contributed by atoms with Crippen LogP contribution in [0.2, 0.25) is 0 Å². The van der Waals surface area contributed by atoms with E-state index in [9.17, 15) is 10.1 Å². The van der Waals surface area contributed by atoms with Crippen LogP contribution in [0.15, 0.2) is 53.1 Å². The summed E-state index contributed by atoms with van der Waals surface area (Å²) in [6.07, 6.45) is 1.73. The number of hydrogen-bond donors (Lipinski definition) is 0. The monoisotopic (exact) mass is 325 g/mol. The molecule has 24 heavy (non-hydrogen) atoms. The second-order valence-electron chi connectivity index (χ2n) is 5.10. The van der Waals surface area contributed by atoms with Gasteiger partial charge in [0.05, 0.1) is 17.2 Å². The van der Waals surface area contributed by atoms with Crippen LogP contribution in [0.25, 0.3) is 11.5 Å². The molecule has 7 heteroatoms. The topological polar surface area (TPSA) is 91.3 Å². The standard InChI is InChI=1S/C17H15N3O4/c1-12-15(19-17(24-12)13-5-3-2-4-6-13)9-10-23-16-8-7-14(11-18-16)20(21)22/h2-8,11H,9-10H2,1H3. The van der Waals surface area contributed by atoms with Crippen LogP contribution in [0.4, 0.5) is 5.69 Å². The first kappa shape index (κ1) is 15.7. The van der Waals surface area contributed by atoms with Crippen molar-refractivity contribution in [3.05, 3.63) is 70.2 Å². The van der Waals surface area contributed by atoms with E-state index in [4.69, 9.17) is 9.15 Å². The van der Waals surface area contributed by atoms with E-state index < -0.39 is 4.92 Å². The number of aromatic nitrogens is 2. The summed E-state index contributed by atoms with van der Waals surface area (Å²) in [6.45, 7) is 2.21. The zero-order valence-corrected chi connectivity index (χ0v) is 13.0. The number of nitro groups is 1. The van der Waals surface area contributed by atoms with Crippen LogP contribution >= 0.6 is 0 Å². The molecule has 0 aliphatic heterocycles. The molecule has 2 aromatic heterocycles. The predicted octanol–water partition coefficient (Wildman–Crippen LogP) is 3.57. The average molecular weight is 325 g/mol. The van der Waals surface area contributed by atoms with Gasteiger partial charge in [-0.05, 0) is 19.1 Å². The summed E-state index contributed by atoms with van der Waals surface area (Å²) in [5.41, 5.74) is 1.67. The van der Waals surface area contributed by atoms with E-state index in [1.807, 2.05) is 37.3 Å². The van der Waals surface area contributed by atoms with E-state index in [0.29, 0.717) is 24.8 Å². The molecule has 0 bridgehead atoms. The number of nitrogens with zero attached hydrogens (tertiary/aromatic N) is 3. The molecule has 122 valence electrons. The van der Waals surface area contributed by atoms with Crippen molar-refractivity contribution in [2.75, 3.05) is 6.61 Å². The number of benzene rings is 1. The van der Waals surface area contributed by atoms with E-state index >= 15 is 0 Å². The van der Waals surface area contributed by atoms with Crippen molar-refractivity contribution < 1.29 is 14.1 Å². The number of pyridine rings is 1. The van der Waals surface area contributed by atoms with Gasteiger partial charge in [0.15, 0.2) is 0 Å². The Bertz CT molecular complexity index is 829. The summed E-state index contributed by atoms with van der Waals surface area (Å²) < 4.78 is 11.2. The molecule has 0 N–H and O–H groups in total. The quantitative estimate of drug-likeness (QED) is 0.508. The van der Waals surface area contributed by atoms with E-state index in [2.05, 4.69) is 9.97 Å². The smallest absolute Gasteiger partial charge is 0.287 e. The van der Waals surface area contributed by atoms with Gasteiger partial charge in [-0.15, -0.1) is 0 Å². The molecular weight excluding hydrogens is 310 g/mol. The number of oxazole rings is 1. The van der Waals surface area contributed by atoms with E-state index in [1.54, 1.807) is 0 Å². The minimum absolute atomic E-state index is 0.0674. The SMILES string of the molecule is Cc1oc(-c2ccccc2)nc1CCOc1ccc([N+](=O)[O-])cn1. The highest BCUT2D eigenvalue weighted by atomic mass is 16.6. The second-order valence-corrected chi connectivity index (χ2v) is 5.10. The van der Waals surface area contributed by atoms with Crippen molar-refractivity contribution in [3.63, 3.8) is 0 Å². The average Bonchev–Trinajstić information content (AvgIpc) is 2.97. The number of rotatable bonds is 6. The molecule has 0 saturated carbocycles. The summed E-state index contributed by atoms with van der Waals surface area (Å²) in [4.78, 5) is 18.5. The lowest BCUT2D eigenvalue weighted by molar-refractivity contribution is -0.385. The van der Waals surface area contributed by atoms with Gasteiger partial charge in [0.25, 0.3) is 5.69 Å². The summed E-state index contributed by atoms with van der Waals surface area (Å²) in [5.74, 6) is 1.66. The van der Waals surface area contributed by atoms with Crippen LogP contribution in [-0.4, -0.2) is 21.5 Å². The molecule has 1 aromatic carbocycles. The lowest BCUT2D eigenvalue weighted by Gasteiger charge is -2.03. The molecule has 0 aliphatic carbocycles. The fraction of sp³-hybridized carbons (Fsp3) is 0.176. The predicted molar refractivity (Wildman–Crippen MR) is 86.8 cm³/mol. The molecule has 0 unspecified atom stereocenters. The molecule has 0 fully saturated rings. The molecule has 0 spiro atoms. The lowest BCUT2D eigenvalue weighted by Crippen LogP contribution is -2.04. The fourth-order valence-corrected chi connectivity index (χ4v) is 2.18.